The molecule has 0 saturated heterocycles. The smallest absolute Gasteiger partial charge is 0.317 e. The summed E-state index contributed by atoms with van der Waals surface area (Å²) in [7, 11) is 0. The highest BCUT2D eigenvalue weighted by Gasteiger charge is 2.20. The summed E-state index contributed by atoms with van der Waals surface area (Å²) in [5.74, 6) is -4.66. The van der Waals surface area contributed by atoms with E-state index in [4.69, 9.17) is 15.0 Å². The number of carboxylic acids is 4. The fourth-order valence-corrected chi connectivity index (χ4v) is 6.57. The van der Waals surface area contributed by atoms with E-state index in [0.717, 1.165) is 38.2 Å². The van der Waals surface area contributed by atoms with Gasteiger partial charge in [0.15, 0.2) is 0 Å². The molecule has 3 heterocycles. The maximum Gasteiger partial charge on any atom is 0.317 e. The van der Waals surface area contributed by atoms with Gasteiger partial charge in [-0.3, -0.25) is 29.0 Å². The molecule has 0 spiro atoms. The Kier molecular flexibility index (Phi) is 10.8. The summed E-state index contributed by atoms with van der Waals surface area (Å²) < 4.78 is 0. The highest BCUT2D eigenvalue weighted by molar-refractivity contribution is 6.15. The zero-order valence-corrected chi connectivity index (χ0v) is 28.6. The number of nitrogens with zero attached hydrogens (tertiary/aromatic N) is 5. The second-order valence-electron chi connectivity index (χ2n) is 12.6. The van der Waals surface area contributed by atoms with E-state index in [1.165, 1.54) is 9.80 Å². The lowest BCUT2D eigenvalue weighted by atomic mass is 9.88. The second-order valence-corrected chi connectivity index (χ2v) is 12.6. The number of aromatic nitrogens is 3. The Morgan fingerprint density at radius 1 is 0.491 bits per heavy atom. The first-order valence-corrected chi connectivity index (χ1v) is 16.6. The predicted octanol–water partition coefficient (Wildman–Crippen LogP) is 5.43. The van der Waals surface area contributed by atoms with Gasteiger partial charge in [-0.2, -0.15) is 0 Å². The minimum absolute atomic E-state index is 0.0288. The molecule has 268 valence electrons. The van der Waals surface area contributed by atoms with Crippen molar-refractivity contribution in [2.24, 2.45) is 0 Å². The van der Waals surface area contributed by atoms with Gasteiger partial charge in [0.05, 0.1) is 60.3 Å². The minimum Gasteiger partial charge on any atom is -0.480 e. The third-order valence-corrected chi connectivity index (χ3v) is 8.66. The number of aryl methyl sites for hydroxylation is 1. The van der Waals surface area contributed by atoms with Crippen LogP contribution < -0.4 is 0 Å². The Balaban J connectivity index is 1.53. The van der Waals surface area contributed by atoms with E-state index in [9.17, 15) is 39.6 Å². The van der Waals surface area contributed by atoms with Crippen molar-refractivity contribution in [3.63, 3.8) is 0 Å². The molecule has 0 aliphatic heterocycles. The molecule has 13 heteroatoms. The van der Waals surface area contributed by atoms with Crippen molar-refractivity contribution in [2.75, 3.05) is 26.2 Å². The van der Waals surface area contributed by atoms with Gasteiger partial charge in [-0.15, -0.1) is 0 Å². The number of carboxylic acid groups (broad SMARTS) is 4. The van der Waals surface area contributed by atoms with Gasteiger partial charge in [0.2, 0.25) is 0 Å². The van der Waals surface area contributed by atoms with Crippen molar-refractivity contribution in [1.29, 1.82) is 0 Å². The molecule has 0 atom stereocenters. The van der Waals surface area contributed by atoms with Crippen molar-refractivity contribution in [3.8, 4) is 33.9 Å². The van der Waals surface area contributed by atoms with E-state index in [0.29, 0.717) is 34.2 Å². The molecule has 3 aromatic carbocycles. The highest BCUT2D eigenvalue weighted by atomic mass is 16.4. The lowest BCUT2D eigenvalue weighted by Crippen LogP contribution is -2.34. The van der Waals surface area contributed by atoms with Crippen molar-refractivity contribution >= 4 is 45.4 Å². The fourth-order valence-electron chi connectivity index (χ4n) is 6.57. The van der Waals surface area contributed by atoms with Gasteiger partial charge >= 0.3 is 23.9 Å². The maximum atomic E-state index is 11.5. The van der Waals surface area contributed by atoms with E-state index < -0.39 is 50.1 Å². The molecule has 0 radical (unpaired) electrons. The summed E-state index contributed by atoms with van der Waals surface area (Å²) in [6, 6.07) is 30.5. The van der Waals surface area contributed by atoms with Crippen molar-refractivity contribution in [2.45, 2.75) is 20.0 Å². The first-order chi connectivity index (χ1) is 25.4. The first-order valence-electron chi connectivity index (χ1n) is 16.6. The first kappa shape index (κ1) is 36.2. The van der Waals surface area contributed by atoms with E-state index in [-0.39, 0.29) is 13.1 Å². The highest BCUT2D eigenvalue weighted by Crippen LogP contribution is 2.40. The van der Waals surface area contributed by atoms with Crippen molar-refractivity contribution in [3.05, 3.63) is 114 Å². The van der Waals surface area contributed by atoms with Gasteiger partial charge in [0, 0.05) is 13.1 Å². The Morgan fingerprint density at radius 3 is 1.25 bits per heavy atom. The molecule has 0 aliphatic rings. The maximum absolute atomic E-state index is 11.5. The van der Waals surface area contributed by atoms with Gasteiger partial charge in [-0.05, 0) is 81.6 Å². The minimum atomic E-state index is -1.16. The Morgan fingerprint density at radius 2 is 0.868 bits per heavy atom. The van der Waals surface area contributed by atoms with Gasteiger partial charge < -0.3 is 20.4 Å². The Hall–Kier alpha value is -6.57. The molecule has 3 aromatic heterocycles. The van der Waals surface area contributed by atoms with Crippen molar-refractivity contribution in [1.82, 2.24) is 24.8 Å². The molecule has 0 unspecified atom stereocenters. The summed E-state index contributed by atoms with van der Waals surface area (Å²) in [5, 5.41) is 41.7. The molecule has 0 bridgehead atoms. The summed E-state index contributed by atoms with van der Waals surface area (Å²) in [6.45, 7) is 0.102. The van der Waals surface area contributed by atoms with E-state index in [2.05, 4.69) is 31.2 Å². The van der Waals surface area contributed by atoms with Crippen molar-refractivity contribution < 1.29 is 39.6 Å². The predicted molar refractivity (Wildman–Crippen MR) is 197 cm³/mol. The van der Waals surface area contributed by atoms with Crippen LogP contribution >= 0.6 is 0 Å². The van der Waals surface area contributed by atoms with Crippen LogP contribution in [0.5, 0.6) is 0 Å². The van der Waals surface area contributed by atoms with Crippen LogP contribution in [0.15, 0.2) is 97.1 Å². The molecule has 4 N–H and O–H groups in total. The Bertz CT molecular complexity index is 2190. The number of carbonyl (C=O) groups is 4. The van der Waals surface area contributed by atoms with Gasteiger partial charge in [-0.1, -0.05) is 60.7 Å². The topological polar surface area (TPSA) is 194 Å². The number of benzene rings is 3. The fraction of sp³-hybridized carbons (Fsp3) is 0.175. The lowest BCUT2D eigenvalue weighted by molar-refractivity contribution is -0.144. The third-order valence-electron chi connectivity index (χ3n) is 8.66. The van der Waals surface area contributed by atoms with Crippen LogP contribution in [0.4, 0.5) is 0 Å². The van der Waals surface area contributed by atoms with E-state index in [1.54, 1.807) is 36.4 Å². The summed E-state index contributed by atoms with van der Waals surface area (Å²) >= 11 is 0. The molecule has 0 aliphatic carbocycles. The monoisotopic (exact) mass is 713 g/mol. The molecule has 6 aromatic rings. The number of hydrogen-bond donors (Lipinski definition) is 4. The normalized spacial score (nSPS) is 11.4. The molecular weight excluding hydrogens is 678 g/mol. The lowest BCUT2D eigenvalue weighted by Gasteiger charge is -2.19. The van der Waals surface area contributed by atoms with E-state index in [1.807, 2.05) is 36.4 Å². The number of aliphatic carboxylic acids is 4. The number of pyridine rings is 3. The van der Waals surface area contributed by atoms with E-state index >= 15 is 0 Å². The molecule has 0 amide bonds. The molecule has 0 fully saturated rings. The summed E-state index contributed by atoms with van der Waals surface area (Å²) in [6.07, 6.45) is 0. The zero-order valence-electron chi connectivity index (χ0n) is 28.6. The molecule has 53 heavy (non-hydrogen) atoms. The molecule has 13 nitrogen and oxygen atoms in total. The zero-order chi connectivity index (χ0) is 37.6. The summed E-state index contributed by atoms with van der Waals surface area (Å²) in [5.41, 5.74) is 5.67. The SMILES string of the molecule is Cc1c2ccccc2c(-c2cc(-c3cccc(CN(CC(=O)O)CC(=O)O)n3)nc(-c3cccc(CN(CC(=O)O)CC(=O)O)n3)c2)c2ccccc12. The van der Waals surface area contributed by atoms with Gasteiger partial charge in [0.25, 0.3) is 0 Å². The second kappa shape index (κ2) is 15.8. The number of fused-ring (bicyclic) bond motifs is 2. The van der Waals surface area contributed by atoms with Crippen LogP contribution in [0.3, 0.4) is 0 Å². The van der Waals surface area contributed by atoms with Crippen LogP contribution in [0, 0.1) is 6.92 Å². The largest absolute Gasteiger partial charge is 0.480 e. The summed E-state index contributed by atoms with van der Waals surface area (Å²) in [4.78, 5) is 63.0. The number of rotatable bonds is 15. The van der Waals surface area contributed by atoms with Crippen LogP contribution in [-0.2, 0) is 32.3 Å². The third kappa shape index (κ3) is 8.67. The average molecular weight is 714 g/mol. The average Bonchev–Trinajstić information content (AvgIpc) is 3.11. The van der Waals surface area contributed by atoms with Crippen LogP contribution in [0.1, 0.15) is 17.0 Å². The molecular formula is C40H35N5O8. The molecule has 6 rings (SSSR count). The van der Waals surface area contributed by atoms with Gasteiger partial charge in [0.1, 0.15) is 0 Å². The van der Waals surface area contributed by atoms with Crippen LogP contribution in [0.25, 0.3) is 55.4 Å². The Labute approximate surface area is 303 Å². The quantitative estimate of drug-likeness (QED) is 0.0985. The van der Waals surface area contributed by atoms with Crippen LogP contribution in [-0.4, -0.2) is 95.2 Å². The standard InChI is InChI=1S/C40H35N5O8/c1-24-28-10-2-4-12-30(28)40(31-13-5-3-11-29(24)31)25-16-34(32-14-6-8-26(41-32)18-44(20-36(46)47)21-37(48)49)43-35(17-25)33-15-7-9-27(42-33)19-45(22-38(50)51)23-39(52)53/h2-17H,18-23H2,1H3,(H,46,47)(H,48,49)(H,50,51)(H,52,53). The van der Waals surface area contributed by atoms with Crippen LogP contribution in [0.2, 0.25) is 0 Å². The van der Waals surface area contributed by atoms with Gasteiger partial charge in [-0.25, -0.2) is 15.0 Å². The molecule has 0 saturated carbocycles. The number of hydrogen-bond acceptors (Lipinski definition) is 9.